The van der Waals surface area contributed by atoms with E-state index in [-0.39, 0.29) is 60.3 Å². The molecule has 1 saturated carbocycles. The average molecular weight is 769 g/mol. The standard InChI is InChI=1S/C44H72N4O7/c1-7-45-42(53)37(30-49)29-41(52)39(22-16-17-23-48(8-2)9-3)47-44(55)36(26-34-20-14-11-15-21-34)28-40(51)32(6)46-43(54)35(27-38(50)24-31(4)5)25-33-18-12-10-13-19-33/h10,12-13,18-19,31-32,34-37,39,49H,7-9,11,14-17,20-30H2,1-6H3,(H,45,53)(H,46,54)(H,47,55)/t32-,35+,36+,37?,39-/m0/s1. The number of rotatable bonds is 28. The maximum absolute atomic E-state index is 14.2. The highest BCUT2D eigenvalue weighted by Gasteiger charge is 2.33. The summed E-state index contributed by atoms with van der Waals surface area (Å²) in [6.07, 6.45) is 8.10. The van der Waals surface area contributed by atoms with E-state index in [4.69, 9.17) is 0 Å². The first-order chi connectivity index (χ1) is 26.3. The Labute approximate surface area is 330 Å². The maximum Gasteiger partial charge on any atom is 0.225 e. The lowest BCUT2D eigenvalue weighted by Crippen LogP contribution is -2.47. The molecule has 0 aromatic heterocycles. The van der Waals surface area contributed by atoms with E-state index in [1.807, 2.05) is 44.2 Å². The van der Waals surface area contributed by atoms with Gasteiger partial charge in [0, 0.05) is 44.1 Å². The third-order valence-corrected chi connectivity index (χ3v) is 11.0. The van der Waals surface area contributed by atoms with Crippen molar-refractivity contribution in [2.24, 2.45) is 29.6 Å². The van der Waals surface area contributed by atoms with Crippen LogP contribution in [-0.2, 0) is 35.2 Å². The van der Waals surface area contributed by atoms with Gasteiger partial charge in [0.05, 0.1) is 24.6 Å². The van der Waals surface area contributed by atoms with Crippen molar-refractivity contribution < 1.29 is 33.9 Å². The number of amides is 3. The van der Waals surface area contributed by atoms with Crippen LogP contribution in [0, 0.1) is 29.6 Å². The quantitative estimate of drug-likeness (QED) is 0.0802. The fourth-order valence-electron chi connectivity index (χ4n) is 7.68. The van der Waals surface area contributed by atoms with Gasteiger partial charge in [-0.25, -0.2) is 0 Å². The molecule has 1 aromatic rings. The zero-order valence-electron chi connectivity index (χ0n) is 34.7. The summed E-state index contributed by atoms with van der Waals surface area (Å²) in [6.45, 7) is 14.1. The predicted molar refractivity (Wildman–Crippen MR) is 217 cm³/mol. The topological polar surface area (TPSA) is 162 Å². The summed E-state index contributed by atoms with van der Waals surface area (Å²) >= 11 is 0. The number of aliphatic hydroxyl groups excluding tert-OH is 1. The van der Waals surface area contributed by atoms with Crippen molar-refractivity contribution in [1.82, 2.24) is 20.9 Å². The molecule has 0 radical (unpaired) electrons. The van der Waals surface area contributed by atoms with Gasteiger partial charge in [-0.2, -0.15) is 0 Å². The van der Waals surface area contributed by atoms with Crippen molar-refractivity contribution in [3.05, 3.63) is 35.9 Å². The molecule has 1 unspecified atom stereocenters. The smallest absolute Gasteiger partial charge is 0.225 e. The molecule has 3 amide bonds. The van der Waals surface area contributed by atoms with Gasteiger partial charge in [-0.3, -0.25) is 28.8 Å². The number of hydrogen-bond donors (Lipinski definition) is 4. The van der Waals surface area contributed by atoms with Crippen LogP contribution in [0.5, 0.6) is 0 Å². The lowest BCUT2D eigenvalue weighted by Gasteiger charge is -2.28. The van der Waals surface area contributed by atoms with Crippen LogP contribution in [0.2, 0.25) is 0 Å². The number of unbranched alkanes of at least 4 members (excludes halogenated alkanes) is 1. The van der Waals surface area contributed by atoms with E-state index in [0.29, 0.717) is 38.6 Å². The molecule has 0 aliphatic heterocycles. The molecule has 5 atom stereocenters. The summed E-state index contributed by atoms with van der Waals surface area (Å²) in [4.78, 5) is 83.2. The Morgan fingerprint density at radius 2 is 1.38 bits per heavy atom. The second-order valence-corrected chi connectivity index (χ2v) is 16.1. The third-order valence-electron chi connectivity index (χ3n) is 11.0. The monoisotopic (exact) mass is 769 g/mol. The van der Waals surface area contributed by atoms with Crippen LogP contribution in [0.1, 0.15) is 131 Å². The van der Waals surface area contributed by atoms with Crippen molar-refractivity contribution in [3.63, 3.8) is 0 Å². The molecule has 0 saturated heterocycles. The minimum atomic E-state index is -0.919. The van der Waals surface area contributed by atoms with Crippen molar-refractivity contribution in [1.29, 1.82) is 0 Å². The summed E-state index contributed by atoms with van der Waals surface area (Å²) in [5, 5.41) is 18.5. The highest BCUT2D eigenvalue weighted by atomic mass is 16.3. The first-order valence-electron chi connectivity index (χ1n) is 21.1. The third kappa shape index (κ3) is 18.4. The number of carbonyl (C=O) groups excluding carboxylic acids is 6. The number of benzene rings is 1. The van der Waals surface area contributed by atoms with E-state index >= 15 is 0 Å². The molecular weight excluding hydrogens is 697 g/mol. The molecule has 1 fully saturated rings. The second-order valence-electron chi connectivity index (χ2n) is 16.1. The number of aliphatic hydroxyl groups is 1. The van der Waals surface area contributed by atoms with Crippen LogP contribution in [0.4, 0.5) is 0 Å². The SMILES string of the molecule is CCNC(=O)C(CO)CC(=O)[C@H](CCCCN(CC)CC)NC(=O)[C@@H](CC(=O)[C@H](C)NC(=O)[C@@H](CC(=O)CC(C)C)Cc1ccccc1)CC1CCCCC1. The van der Waals surface area contributed by atoms with Crippen LogP contribution in [-0.4, -0.2) is 89.9 Å². The Morgan fingerprint density at radius 1 is 0.745 bits per heavy atom. The Hall–Kier alpha value is -3.44. The predicted octanol–water partition coefficient (Wildman–Crippen LogP) is 5.60. The number of ketones is 3. The molecule has 2 rings (SSSR count). The van der Waals surface area contributed by atoms with Gasteiger partial charge >= 0.3 is 0 Å². The van der Waals surface area contributed by atoms with Crippen LogP contribution in [0.15, 0.2) is 30.3 Å². The lowest BCUT2D eigenvalue weighted by atomic mass is 9.80. The fraction of sp³-hybridized carbons (Fsp3) is 0.727. The highest BCUT2D eigenvalue weighted by Crippen LogP contribution is 2.31. The van der Waals surface area contributed by atoms with E-state index in [1.165, 1.54) is 0 Å². The van der Waals surface area contributed by atoms with Crippen molar-refractivity contribution >= 4 is 35.1 Å². The number of Topliss-reactive ketones (excluding diaryl/α,β-unsaturated/α-hetero) is 3. The Kier molecular flexibility index (Phi) is 22.9. The molecule has 310 valence electrons. The summed E-state index contributed by atoms with van der Waals surface area (Å²) in [5.74, 6) is -3.57. The molecular formula is C44H72N4O7. The van der Waals surface area contributed by atoms with Gasteiger partial charge in [-0.1, -0.05) is 90.1 Å². The van der Waals surface area contributed by atoms with E-state index in [1.54, 1.807) is 13.8 Å². The Balaban J connectivity index is 2.26. The minimum absolute atomic E-state index is 0.00253. The van der Waals surface area contributed by atoms with Crippen molar-refractivity contribution in [2.45, 2.75) is 144 Å². The van der Waals surface area contributed by atoms with Gasteiger partial charge in [0.15, 0.2) is 11.6 Å². The number of nitrogens with zero attached hydrogens (tertiary/aromatic N) is 1. The molecule has 11 heteroatoms. The van der Waals surface area contributed by atoms with Gasteiger partial charge in [-0.05, 0) is 83.0 Å². The van der Waals surface area contributed by atoms with Crippen molar-refractivity contribution in [3.8, 4) is 0 Å². The molecule has 0 spiro atoms. The van der Waals surface area contributed by atoms with E-state index in [9.17, 15) is 33.9 Å². The maximum atomic E-state index is 14.2. The summed E-state index contributed by atoms with van der Waals surface area (Å²) in [5.41, 5.74) is 0.927. The molecule has 1 aromatic carbocycles. The zero-order chi connectivity index (χ0) is 40.8. The highest BCUT2D eigenvalue weighted by molar-refractivity contribution is 5.96. The average Bonchev–Trinajstić information content (AvgIpc) is 3.16. The Bertz CT molecular complexity index is 1330. The first kappa shape index (κ1) is 47.7. The van der Waals surface area contributed by atoms with E-state index < -0.39 is 42.4 Å². The second kappa shape index (κ2) is 26.4. The van der Waals surface area contributed by atoms with Crippen LogP contribution >= 0.6 is 0 Å². The minimum Gasteiger partial charge on any atom is -0.396 e. The molecule has 0 heterocycles. The van der Waals surface area contributed by atoms with Gasteiger partial charge in [0.1, 0.15) is 5.78 Å². The fourth-order valence-corrected chi connectivity index (χ4v) is 7.68. The normalized spacial score (nSPS) is 16.2. The molecule has 55 heavy (non-hydrogen) atoms. The van der Waals surface area contributed by atoms with Crippen LogP contribution in [0.3, 0.4) is 0 Å². The van der Waals surface area contributed by atoms with Gasteiger partial charge in [-0.15, -0.1) is 0 Å². The van der Waals surface area contributed by atoms with Crippen LogP contribution in [0.25, 0.3) is 0 Å². The van der Waals surface area contributed by atoms with Gasteiger partial charge in [0.2, 0.25) is 17.7 Å². The molecule has 0 bridgehead atoms. The largest absolute Gasteiger partial charge is 0.396 e. The molecule has 1 aliphatic carbocycles. The van der Waals surface area contributed by atoms with E-state index in [2.05, 4.69) is 34.7 Å². The Morgan fingerprint density at radius 3 is 1.98 bits per heavy atom. The van der Waals surface area contributed by atoms with Gasteiger partial charge in [0.25, 0.3) is 0 Å². The van der Waals surface area contributed by atoms with Crippen LogP contribution < -0.4 is 16.0 Å². The lowest BCUT2D eigenvalue weighted by molar-refractivity contribution is -0.136. The van der Waals surface area contributed by atoms with Crippen molar-refractivity contribution in [2.75, 3.05) is 32.8 Å². The molecule has 4 N–H and O–H groups in total. The van der Waals surface area contributed by atoms with Gasteiger partial charge < -0.3 is 26.0 Å². The number of hydrogen-bond acceptors (Lipinski definition) is 8. The zero-order valence-corrected chi connectivity index (χ0v) is 34.7. The number of nitrogens with one attached hydrogen (secondary N) is 3. The first-order valence-corrected chi connectivity index (χ1v) is 21.1. The number of carbonyl (C=O) groups is 6. The summed E-state index contributed by atoms with van der Waals surface area (Å²) < 4.78 is 0. The molecule has 11 nitrogen and oxygen atoms in total. The summed E-state index contributed by atoms with van der Waals surface area (Å²) in [6, 6.07) is 7.77. The molecule has 1 aliphatic rings. The van der Waals surface area contributed by atoms with E-state index in [0.717, 1.165) is 63.7 Å². The summed E-state index contributed by atoms with van der Waals surface area (Å²) in [7, 11) is 0.